The van der Waals surface area contributed by atoms with E-state index in [0.29, 0.717) is 22.1 Å². The number of carbonyl (C=O) groups excluding carboxylic acids is 2. The number of hydrogen-bond donors (Lipinski definition) is 1. The van der Waals surface area contributed by atoms with Gasteiger partial charge >= 0.3 is 5.63 Å². The molecule has 4 aromatic rings. The van der Waals surface area contributed by atoms with E-state index < -0.39 is 11.5 Å². The van der Waals surface area contributed by atoms with E-state index in [-0.39, 0.29) is 17.1 Å². The average molecular weight is 475 g/mol. The summed E-state index contributed by atoms with van der Waals surface area (Å²) in [5, 5.41) is 4.64. The Labute approximate surface area is 185 Å². The normalized spacial score (nSPS) is 11.3. The van der Waals surface area contributed by atoms with Gasteiger partial charge in [0, 0.05) is 21.0 Å². The largest absolute Gasteiger partial charge is 0.422 e. The van der Waals surface area contributed by atoms with Crippen molar-refractivity contribution in [2.75, 3.05) is 0 Å². The Hall–Kier alpha value is -3.84. The first kappa shape index (κ1) is 20.4. The Balaban J connectivity index is 1.70. The Morgan fingerprint density at radius 2 is 1.48 bits per heavy atom. The van der Waals surface area contributed by atoms with Crippen molar-refractivity contribution in [1.29, 1.82) is 0 Å². The summed E-state index contributed by atoms with van der Waals surface area (Å²) in [4.78, 5) is 38.0. The molecule has 1 aromatic heterocycles. The van der Waals surface area contributed by atoms with Crippen LogP contribution in [0.2, 0.25) is 0 Å². The summed E-state index contributed by atoms with van der Waals surface area (Å²) < 4.78 is 6.00. The standard InChI is InChI=1S/C24H15BrN2O4/c25-18-11-12-20-17(13-18)14-19(24(30)31-20)23(29)27-26-21(15-7-3-1-4-8-15)22(28)16-9-5-2-6-10-16/h1-14H,(H,27,29)/b26-21+. The maximum Gasteiger partial charge on any atom is 0.349 e. The topological polar surface area (TPSA) is 88.7 Å². The van der Waals surface area contributed by atoms with Crippen molar-refractivity contribution in [2.24, 2.45) is 5.10 Å². The Kier molecular flexibility index (Phi) is 5.86. The second kappa shape index (κ2) is 8.89. The van der Waals surface area contributed by atoms with Gasteiger partial charge in [0.1, 0.15) is 16.9 Å². The van der Waals surface area contributed by atoms with E-state index in [4.69, 9.17) is 4.42 Å². The van der Waals surface area contributed by atoms with Crippen LogP contribution in [-0.2, 0) is 0 Å². The number of carbonyl (C=O) groups is 2. The van der Waals surface area contributed by atoms with Gasteiger partial charge < -0.3 is 4.42 Å². The fourth-order valence-electron chi connectivity index (χ4n) is 2.99. The molecule has 0 aliphatic heterocycles. The molecule has 0 unspecified atom stereocenters. The molecule has 0 fully saturated rings. The number of nitrogens with one attached hydrogen (secondary N) is 1. The zero-order valence-corrected chi connectivity index (χ0v) is 17.6. The van der Waals surface area contributed by atoms with Crippen LogP contribution in [0.4, 0.5) is 0 Å². The van der Waals surface area contributed by atoms with Crippen LogP contribution in [0.3, 0.4) is 0 Å². The minimum Gasteiger partial charge on any atom is -0.422 e. The number of benzene rings is 3. The van der Waals surface area contributed by atoms with Gasteiger partial charge in [-0.05, 0) is 24.3 Å². The summed E-state index contributed by atoms with van der Waals surface area (Å²) in [7, 11) is 0. The predicted octanol–water partition coefficient (Wildman–Crippen LogP) is 4.57. The zero-order valence-electron chi connectivity index (χ0n) is 16.0. The molecule has 0 aliphatic carbocycles. The molecule has 1 amide bonds. The molecule has 0 atom stereocenters. The van der Waals surface area contributed by atoms with E-state index in [1.54, 1.807) is 72.8 Å². The Morgan fingerprint density at radius 1 is 0.839 bits per heavy atom. The van der Waals surface area contributed by atoms with E-state index in [1.165, 1.54) is 6.07 Å². The molecule has 31 heavy (non-hydrogen) atoms. The Morgan fingerprint density at radius 3 is 2.16 bits per heavy atom. The highest BCUT2D eigenvalue weighted by atomic mass is 79.9. The minimum absolute atomic E-state index is 0.0491. The lowest BCUT2D eigenvalue weighted by Gasteiger charge is -2.07. The molecule has 3 aromatic carbocycles. The van der Waals surface area contributed by atoms with Crippen molar-refractivity contribution in [3.8, 4) is 0 Å². The van der Waals surface area contributed by atoms with Crippen LogP contribution in [0, 0.1) is 0 Å². The molecule has 152 valence electrons. The number of halogens is 1. The third kappa shape index (κ3) is 4.51. The van der Waals surface area contributed by atoms with Crippen LogP contribution in [-0.4, -0.2) is 17.4 Å². The number of hydrogen-bond acceptors (Lipinski definition) is 5. The smallest absolute Gasteiger partial charge is 0.349 e. The molecule has 1 heterocycles. The maximum absolute atomic E-state index is 13.0. The van der Waals surface area contributed by atoms with Gasteiger partial charge in [-0.25, -0.2) is 10.2 Å². The van der Waals surface area contributed by atoms with Gasteiger partial charge in [-0.1, -0.05) is 76.6 Å². The summed E-state index contributed by atoms with van der Waals surface area (Å²) in [5.74, 6) is -1.13. The Bertz CT molecular complexity index is 1360. The van der Waals surface area contributed by atoms with Crippen LogP contribution < -0.4 is 11.1 Å². The van der Waals surface area contributed by atoms with Crippen molar-refractivity contribution in [1.82, 2.24) is 5.43 Å². The van der Waals surface area contributed by atoms with E-state index in [0.717, 1.165) is 4.47 Å². The lowest BCUT2D eigenvalue weighted by molar-refractivity contribution is 0.0951. The number of fused-ring (bicyclic) bond motifs is 1. The third-order valence-electron chi connectivity index (χ3n) is 4.51. The summed E-state index contributed by atoms with van der Waals surface area (Å²) in [6.45, 7) is 0. The molecular weight excluding hydrogens is 460 g/mol. The van der Waals surface area contributed by atoms with Gasteiger partial charge in [-0.2, -0.15) is 5.10 Å². The van der Waals surface area contributed by atoms with E-state index in [9.17, 15) is 14.4 Å². The molecule has 4 rings (SSSR count). The predicted molar refractivity (Wildman–Crippen MR) is 121 cm³/mol. The lowest BCUT2D eigenvalue weighted by Crippen LogP contribution is -2.27. The van der Waals surface area contributed by atoms with Gasteiger partial charge in [0.25, 0.3) is 5.91 Å². The van der Waals surface area contributed by atoms with Gasteiger partial charge in [0.15, 0.2) is 0 Å². The average Bonchev–Trinajstić information content (AvgIpc) is 2.80. The van der Waals surface area contributed by atoms with Crippen LogP contribution >= 0.6 is 15.9 Å². The number of hydrazone groups is 1. The monoisotopic (exact) mass is 474 g/mol. The first-order valence-electron chi connectivity index (χ1n) is 9.29. The molecule has 0 bridgehead atoms. The number of rotatable bonds is 5. The summed E-state index contributed by atoms with van der Waals surface area (Å²) in [6.07, 6.45) is 0. The number of Topliss-reactive ketones (excluding diaryl/α,β-unsaturated/α-hetero) is 1. The molecule has 0 radical (unpaired) electrons. The van der Waals surface area contributed by atoms with Crippen molar-refractivity contribution in [3.05, 3.63) is 117 Å². The minimum atomic E-state index is -0.793. The fraction of sp³-hybridized carbons (Fsp3) is 0. The molecule has 0 aliphatic rings. The van der Waals surface area contributed by atoms with Crippen LogP contribution in [0.25, 0.3) is 11.0 Å². The zero-order chi connectivity index (χ0) is 21.8. The SMILES string of the molecule is O=C(/C(=N/NC(=O)c1cc2cc(Br)ccc2oc1=O)c1ccccc1)c1ccccc1. The van der Waals surface area contributed by atoms with Crippen molar-refractivity contribution >= 4 is 44.3 Å². The number of ketones is 1. The number of amides is 1. The highest BCUT2D eigenvalue weighted by molar-refractivity contribution is 9.10. The maximum atomic E-state index is 13.0. The van der Waals surface area contributed by atoms with Crippen molar-refractivity contribution in [3.63, 3.8) is 0 Å². The summed E-state index contributed by atoms with van der Waals surface area (Å²) in [6, 6.07) is 23.9. The molecule has 0 saturated carbocycles. The highest BCUT2D eigenvalue weighted by Gasteiger charge is 2.18. The fourth-order valence-corrected chi connectivity index (χ4v) is 3.37. The molecule has 7 heteroatoms. The quantitative estimate of drug-likeness (QED) is 0.198. The van der Waals surface area contributed by atoms with Crippen LogP contribution in [0.15, 0.2) is 104 Å². The van der Waals surface area contributed by atoms with Crippen LogP contribution in [0.5, 0.6) is 0 Å². The highest BCUT2D eigenvalue weighted by Crippen LogP contribution is 2.19. The van der Waals surface area contributed by atoms with E-state index >= 15 is 0 Å². The van der Waals surface area contributed by atoms with E-state index in [1.807, 2.05) is 6.07 Å². The molecule has 0 saturated heterocycles. The molecule has 0 spiro atoms. The third-order valence-corrected chi connectivity index (χ3v) is 5.00. The van der Waals surface area contributed by atoms with Gasteiger partial charge in [0.2, 0.25) is 5.78 Å². The summed E-state index contributed by atoms with van der Waals surface area (Å²) >= 11 is 3.35. The second-order valence-corrected chi connectivity index (χ2v) is 7.51. The summed E-state index contributed by atoms with van der Waals surface area (Å²) in [5.41, 5.74) is 2.68. The van der Waals surface area contributed by atoms with Gasteiger partial charge in [-0.15, -0.1) is 0 Å². The molecule has 6 nitrogen and oxygen atoms in total. The van der Waals surface area contributed by atoms with Crippen molar-refractivity contribution in [2.45, 2.75) is 0 Å². The van der Waals surface area contributed by atoms with E-state index in [2.05, 4.69) is 26.5 Å². The van der Waals surface area contributed by atoms with Gasteiger partial charge in [0.05, 0.1) is 0 Å². The van der Waals surface area contributed by atoms with Gasteiger partial charge in [-0.3, -0.25) is 9.59 Å². The van der Waals surface area contributed by atoms with Crippen LogP contribution in [0.1, 0.15) is 26.3 Å². The molecule has 1 N–H and O–H groups in total. The number of nitrogens with zero attached hydrogens (tertiary/aromatic N) is 1. The lowest BCUT2D eigenvalue weighted by atomic mass is 10.0. The molecular formula is C24H15BrN2O4. The van der Waals surface area contributed by atoms with Crippen molar-refractivity contribution < 1.29 is 14.0 Å². The second-order valence-electron chi connectivity index (χ2n) is 6.59. The first-order chi connectivity index (χ1) is 15.0. The first-order valence-corrected chi connectivity index (χ1v) is 10.1.